The van der Waals surface area contributed by atoms with Crippen molar-refractivity contribution in [2.45, 2.75) is 20.5 Å². The van der Waals surface area contributed by atoms with E-state index in [9.17, 15) is 0 Å². The molecule has 7 heteroatoms. The third-order valence-corrected chi connectivity index (χ3v) is 3.38. The van der Waals surface area contributed by atoms with Crippen LogP contribution >= 0.6 is 0 Å². The summed E-state index contributed by atoms with van der Waals surface area (Å²) in [5.41, 5.74) is 1.80. The van der Waals surface area contributed by atoms with Crippen molar-refractivity contribution in [1.29, 1.82) is 0 Å². The lowest BCUT2D eigenvalue weighted by atomic mass is 10.3. The van der Waals surface area contributed by atoms with Crippen molar-refractivity contribution in [2.24, 2.45) is 7.05 Å². The number of benzene rings is 1. The quantitative estimate of drug-likeness (QED) is 0.756. The number of H-pyrrole nitrogens is 1. The molecular formula is C16H19N5O2. The van der Waals surface area contributed by atoms with Crippen molar-refractivity contribution in [2.75, 3.05) is 6.61 Å². The standard InChI is InChI=1S/C16H19N5O2/c1-4-22-12-5-7-13(8-6-12)23-10-15-17-16(19-18-15)14-9-11(2)21(3)20-14/h5-9H,4,10H2,1-3H3,(H,17,18,19). The third kappa shape index (κ3) is 3.50. The zero-order valence-electron chi connectivity index (χ0n) is 13.4. The Kier molecular flexibility index (Phi) is 4.27. The van der Waals surface area contributed by atoms with Gasteiger partial charge in [-0.05, 0) is 44.2 Å². The van der Waals surface area contributed by atoms with E-state index >= 15 is 0 Å². The van der Waals surface area contributed by atoms with Crippen molar-refractivity contribution in [3.63, 3.8) is 0 Å². The molecule has 3 aromatic rings. The SMILES string of the molecule is CCOc1ccc(OCc2nc(-c3cc(C)n(C)n3)n[nH]2)cc1. The Labute approximate surface area is 134 Å². The highest BCUT2D eigenvalue weighted by Crippen LogP contribution is 2.19. The molecule has 23 heavy (non-hydrogen) atoms. The van der Waals surface area contributed by atoms with Gasteiger partial charge in [0, 0.05) is 12.7 Å². The topological polar surface area (TPSA) is 77.8 Å². The lowest BCUT2D eigenvalue weighted by Crippen LogP contribution is -1.98. The van der Waals surface area contributed by atoms with E-state index < -0.39 is 0 Å². The molecule has 0 saturated heterocycles. The lowest BCUT2D eigenvalue weighted by Gasteiger charge is -2.06. The van der Waals surface area contributed by atoms with E-state index in [1.54, 1.807) is 4.68 Å². The van der Waals surface area contributed by atoms with Gasteiger partial charge < -0.3 is 9.47 Å². The van der Waals surface area contributed by atoms with E-state index in [-0.39, 0.29) is 0 Å². The predicted octanol–water partition coefficient (Wildman–Crippen LogP) is 2.49. The average Bonchev–Trinajstić information content (AvgIpc) is 3.14. The van der Waals surface area contributed by atoms with Gasteiger partial charge in [-0.2, -0.15) is 10.2 Å². The maximum atomic E-state index is 5.69. The Morgan fingerprint density at radius 1 is 1.13 bits per heavy atom. The fourth-order valence-corrected chi connectivity index (χ4v) is 2.09. The highest BCUT2D eigenvalue weighted by molar-refractivity contribution is 5.48. The Hall–Kier alpha value is -2.83. The molecule has 2 heterocycles. The minimum absolute atomic E-state index is 0.312. The van der Waals surface area contributed by atoms with E-state index in [1.807, 2.05) is 51.2 Å². The third-order valence-electron chi connectivity index (χ3n) is 3.38. The number of hydrogen-bond donors (Lipinski definition) is 1. The number of hydrogen-bond acceptors (Lipinski definition) is 5. The maximum Gasteiger partial charge on any atom is 0.201 e. The van der Waals surface area contributed by atoms with Crippen LogP contribution in [-0.2, 0) is 13.7 Å². The first kappa shape index (κ1) is 15.1. The number of aryl methyl sites for hydroxylation is 2. The van der Waals surface area contributed by atoms with Gasteiger partial charge in [-0.25, -0.2) is 4.98 Å². The van der Waals surface area contributed by atoms with Crippen LogP contribution in [0.4, 0.5) is 0 Å². The predicted molar refractivity (Wildman–Crippen MR) is 85.3 cm³/mol. The molecule has 0 saturated carbocycles. The Balaban J connectivity index is 1.62. The van der Waals surface area contributed by atoms with E-state index in [1.165, 1.54) is 0 Å². The minimum Gasteiger partial charge on any atom is -0.494 e. The van der Waals surface area contributed by atoms with Crippen LogP contribution in [0.3, 0.4) is 0 Å². The van der Waals surface area contributed by atoms with Crippen LogP contribution in [0.5, 0.6) is 11.5 Å². The van der Waals surface area contributed by atoms with Crippen LogP contribution in [0.2, 0.25) is 0 Å². The van der Waals surface area contributed by atoms with Gasteiger partial charge in [0.15, 0.2) is 5.82 Å². The van der Waals surface area contributed by atoms with Crippen molar-refractivity contribution in [3.05, 3.63) is 41.9 Å². The van der Waals surface area contributed by atoms with E-state index in [0.717, 1.165) is 22.9 Å². The van der Waals surface area contributed by atoms with Crippen LogP contribution in [-0.4, -0.2) is 31.6 Å². The second kappa shape index (κ2) is 6.51. The molecular weight excluding hydrogens is 294 g/mol. The molecule has 7 nitrogen and oxygen atoms in total. The van der Waals surface area contributed by atoms with Crippen molar-refractivity contribution >= 4 is 0 Å². The molecule has 0 bridgehead atoms. The molecule has 0 amide bonds. The smallest absolute Gasteiger partial charge is 0.201 e. The van der Waals surface area contributed by atoms with Gasteiger partial charge in [0.1, 0.15) is 23.8 Å². The van der Waals surface area contributed by atoms with E-state index in [2.05, 4.69) is 20.3 Å². The highest BCUT2D eigenvalue weighted by atomic mass is 16.5. The maximum absolute atomic E-state index is 5.69. The number of aromatic nitrogens is 5. The molecule has 0 radical (unpaired) electrons. The number of nitrogens with zero attached hydrogens (tertiary/aromatic N) is 4. The monoisotopic (exact) mass is 313 g/mol. The summed E-state index contributed by atoms with van der Waals surface area (Å²) >= 11 is 0. The van der Waals surface area contributed by atoms with E-state index in [4.69, 9.17) is 9.47 Å². The van der Waals surface area contributed by atoms with Crippen LogP contribution in [0, 0.1) is 6.92 Å². The molecule has 1 N–H and O–H groups in total. The van der Waals surface area contributed by atoms with Gasteiger partial charge in [-0.1, -0.05) is 0 Å². The number of aromatic amines is 1. The molecule has 3 rings (SSSR count). The Morgan fingerprint density at radius 2 is 1.83 bits per heavy atom. The largest absolute Gasteiger partial charge is 0.494 e. The lowest BCUT2D eigenvalue weighted by molar-refractivity contribution is 0.294. The first-order chi connectivity index (χ1) is 11.2. The van der Waals surface area contributed by atoms with Gasteiger partial charge in [0.25, 0.3) is 0 Å². The zero-order chi connectivity index (χ0) is 16.2. The molecule has 2 aromatic heterocycles. The van der Waals surface area contributed by atoms with E-state index in [0.29, 0.717) is 24.9 Å². The molecule has 0 fully saturated rings. The Morgan fingerprint density at radius 3 is 2.43 bits per heavy atom. The zero-order valence-corrected chi connectivity index (χ0v) is 13.4. The van der Waals surface area contributed by atoms with Crippen molar-refractivity contribution in [3.8, 4) is 23.0 Å². The first-order valence-corrected chi connectivity index (χ1v) is 7.43. The highest BCUT2D eigenvalue weighted by Gasteiger charge is 2.10. The number of rotatable bonds is 6. The fraction of sp³-hybridized carbons (Fsp3) is 0.312. The fourth-order valence-electron chi connectivity index (χ4n) is 2.09. The summed E-state index contributed by atoms with van der Waals surface area (Å²) in [4.78, 5) is 4.40. The summed E-state index contributed by atoms with van der Waals surface area (Å²) < 4.78 is 12.9. The molecule has 1 aromatic carbocycles. The molecule has 0 aliphatic rings. The summed E-state index contributed by atoms with van der Waals surface area (Å²) in [5, 5.41) is 11.4. The summed E-state index contributed by atoms with van der Waals surface area (Å²) in [6.07, 6.45) is 0. The summed E-state index contributed by atoms with van der Waals surface area (Å²) in [6, 6.07) is 9.43. The summed E-state index contributed by atoms with van der Waals surface area (Å²) in [5.74, 6) is 2.79. The number of ether oxygens (including phenoxy) is 2. The van der Waals surface area contributed by atoms with Gasteiger partial charge in [0.2, 0.25) is 5.82 Å². The van der Waals surface area contributed by atoms with Gasteiger partial charge in [0.05, 0.1) is 6.61 Å². The molecule has 0 atom stereocenters. The average molecular weight is 313 g/mol. The molecule has 0 aliphatic carbocycles. The van der Waals surface area contributed by atoms with Gasteiger partial charge in [-0.15, -0.1) is 0 Å². The first-order valence-electron chi connectivity index (χ1n) is 7.43. The van der Waals surface area contributed by atoms with Crippen LogP contribution in [0.1, 0.15) is 18.4 Å². The minimum atomic E-state index is 0.312. The van der Waals surface area contributed by atoms with Gasteiger partial charge >= 0.3 is 0 Å². The second-order valence-electron chi connectivity index (χ2n) is 5.09. The normalized spacial score (nSPS) is 10.7. The van der Waals surface area contributed by atoms with Crippen molar-refractivity contribution in [1.82, 2.24) is 25.0 Å². The molecule has 0 spiro atoms. The van der Waals surface area contributed by atoms with Gasteiger partial charge in [-0.3, -0.25) is 9.78 Å². The summed E-state index contributed by atoms with van der Waals surface area (Å²) in [6.45, 7) is 4.90. The second-order valence-corrected chi connectivity index (χ2v) is 5.09. The molecule has 120 valence electrons. The number of nitrogens with one attached hydrogen (secondary N) is 1. The van der Waals surface area contributed by atoms with Crippen LogP contribution in [0.15, 0.2) is 30.3 Å². The van der Waals surface area contributed by atoms with Crippen LogP contribution in [0.25, 0.3) is 11.5 Å². The summed E-state index contributed by atoms with van der Waals surface area (Å²) in [7, 11) is 1.89. The molecule has 0 unspecified atom stereocenters. The van der Waals surface area contributed by atoms with Crippen molar-refractivity contribution < 1.29 is 9.47 Å². The molecule has 0 aliphatic heterocycles. The Bertz CT molecular complexity index is 757. The van der Waals surface area contributed by atoms with Crippen LogP contribution < -0.4 is 9.47 Å².